The lowest BCUT2D eigenvalue weighted by Gasteiger charge is -2.48. The smallest absolute Gasteiger partial charge is 0.135 e. The number of piperidine rings is 1. The van der Waals surface area contributed by atoms with E-state index in [1.807, 2.05) is 0 Å². The molecule has 0 radical (unpaired) electrons. The topological polar surface area (TPSA) is 61.3 Å². The van der Waals surface area contributed by atoms with E-state index in [1.165, 1.54) is 42.8 Å². The van der Waals surface area contributed by atoms with E-state index in [9.17, 15) is 5.11 Å². The Morgan fingerprint density at radius 1 is 1.00 bits per heavy atom. The number of fused-ring (bicyclic) bond motifs is 2. The fourth-order valence-corrected chi connectivity index (χ4v) is 5.09. The Hall–Kier alpha value is -0.620. The van der Waals surface area contributed by atoms with Gasteiger partial charge in [0.25, 0.3) is 0 Å². The van der Waals surface area contributed by atoms with E-state index in [1.54, 1.807) is 0 Å². The Morgan fingerprint density at radius 3 is 2.63 bits per heavy atom. The zero-order valence-corrected chi connectivity index (χ0v) is 17.6. The molecule has 1 aromatic heterocycles. The molecule has 2 saturated carbocycles. The third-order valence-electron chi connectivity index (χ3n) is 6.85. The Morgan fingerprint density at radius 2 is 1.81 bits per heavy atom. The molecule has 1 saturated heterocycles. The first-order valence-electron chi connectivity index (χ1n) is 10.3. The third kappa shape index (κ3) is 4.07. The predicted molar refractivity (Wildman–Crippen MR) is 113 cm³/mol. The van der Waals surface area contributed by atoms with Crippen LogP contribution in [0, 0.1) is 5.92 Å². The van der Waals surface area contributed by atoms with Crippen LogP contribution in [0.4, 0.5) is 5.82 Å². The van der Waals surface area contributed by atoms with Gasteiger partial charge in [0.1, 0.15) is 11.6 Å². The van der Waals surface area contributed by atoms with Crippen LogP contribution in [-0.4, -0.2) is 46.9 Å². The predicted octanol–water partition coefficient (Wildman–Crippen LogP) is 3.02. The molecule has 2 aliphatic carbocycles. The highest BCUT2D eigenvalue weighted by atomic mass is 35.5. The monoisotopic (exact) mass is 414 g/mol. The van der Waals surface area contributed by atoms with Gasteiger partial charge in [-0.15, -0.1) is 24.8 Å². The van der Waals surface area contributed by atoms with Crippen LogP contribution in [0.1, 0.15) is 67.9 Å². The third-order valence-corrected chi connectivity index (χ3v) is 6.85. The van der Waals surface area contributed by atoms with Gasteiger partial charge in [0.15, 0.2) is 0 Å². The maximum Gasteiger partial charge on any atom is 0.135 e. The molecule has 5 nitrogen and oxygen atoms in total. The van der Waals surface area contributed by atoms with Crippen LogP contribution in [0.3, 0.4) is 0 Å². The summed E-state index contributed by atoms with van der Waals surface area (Å²) in [5.74, 6) is 3.29. The van der Waals surface area contributed by atoms with Gasteiger partial charge >= 0.3 is 0 Å². The highest BCUT2D eigenvalue weighted by Crippen LogP contribution is 2.43. The molecule has 7 heteroatoms. The molecule has 0 aromatic carbocycles. The first-order valence-corrected chi connectivity index (χ1v) is 10.3. The summed E-state index contributed by atoms with van der Waals surface area (Å²) < 4.78 is 0. The van der Waals surface area contributed by atoms with E-state index in [-0.39, 0.29) is 24.8 Å². The summed E-state index contributed by atoms with van der Waals surface area (Å²) in [5, 5.41) is 14.5. The van der Waals surface area contributed by atoms with Crippen molar-refractivity contribution in [3.63, 3.8) is 0 Å². The molecule has 2 aliphatic heterocycles. The summed E-state index contributed by atoms with van der Waals surface area (Å²) in [7, 11) is 0. The number of nitrogens with zero attached hydrogens (tertiary/aromatic N) is 3. The molecule has 0 spiro atoms. The van der Waals surface area contributed by atoms with E-state index in [4.69, 9.17) is 9.97 Å². The molecule has 3 fully saturated rings. The van der Waals surface area contributed by atoms with Gasteiger partial charge in [-0.2, -0.15) is 0 Å². The Kier molecular flexibility index (Phi) is 6.56. The normalized spacial score (nSPS) is 30.3. The number of halogens is 2. The number of nitrogens with one attached hydrogen (secondary N) is 1. The summed E-state index contributed by atoms with van der Waals surface area (Å²) in [6, 6.07) is 0. The Labute approximate surface area is 174 Å². The molecule has 2 atom stereocenters. The van der Waals surface area contributed by atoms with E-state index in [2.05, 4.69) is 10.2 Å². The van der Waals surface area contributed by atoms with E-state index in [0.29, 0.717) is 11.8 Å². The van der Waals surface area contributed by atoms with Gasteiger partial charge in [0, 0.05) is 43.5 Å². The molecular weight excluding hydrogens is 383 g/mol. The lowest BCUT2D eigenvalue weighted by molar-refractivity contribution is -0.0614. The second kappa shape index (κ2) is 8.40. The molecule has 5 rings (SSSR count). The fraction of sp³-hybridized carbons (Fsp3) is 0.800. The molecule has 4 aliphatic rings. The number of rotatable bonds is 2. The van der Waals surface area contributed by atoms with Gasteiger partial charge in [-0.3, -0.25) is 0 Å². The van der Waals surface area contributed by atoms with E-state index >= 15 is 0 Å². The van der Waals surface area contributed by atoms with Crippen LogP contribution in [-0.2, 0) is 12.8 Å². The first kappa shape index (κ1) is 21.1. The second-order valence-electron chi connectivity index (χ2n) is 8.60. The minimum atomic E-state index is -0.417. The molecule has 152 valence electrons. The summed E-state index contributed by atoms with van der Waals surface area (Å²) in [4.78, 5) is 12.5. The number of aromatic nitrogens is 2. The average Bonchev–Trinajstić information content (AvgIpc) is 3.46. The average molecular weight is 415 g/mol. The van der Waals surface area contributed by atoms with Crippen molar-refractivity contribution in [2.45, 2.75) is 69.3 Å². The maximum atomic E-state index is 11.0. The van der Waals surface area contributed by atoms with Gasteiger partial charge in [-0.25, -0.2) is 9.97 Å². The van der Waals surface area contributed by atoms with Crippen LogP contribution in [0.25, 0.3) is 0 Å². The van der Waals surface area contributed by atoms with Crippen molar-refractivity contribution < 1.29 is 5.11 Å². The van der Waals surface area contributed by atoms with Gasteiger partial charge in [0.05, 0.1) is 11.3 Å². The van der Waals surface area contributed by atoms with Crippen molar-refractivity contribution in [1.82, 2.24) is 15.3 Å². The van der Waals surface area contributed by atoms with Crippen molar-refractivity contribution in [2.24, 2.45) is 5.92 Å². The summed E-state index contributed by atoms with van der Waals surface area (Å²) in [6.07, 6.45) is 10.0. The van der Waals surface area contributed by atoms with E-state index in [0.717, 1.165) is 64.1 Å². The summed E-state index contributed by atoms with van der Waals surface area (Å²) in [5.41, 5.74) is 2.23. The first-order chi connectivity index (χ1) is 12.2. The van der Waals surface area contributed by atoms with Crippen molar-refractivity contribution in [1.29, 1.82) is 0 Å². The zero-order valence-electron chi connectivity index (χ0n) is 16.0. The Balaban J connectivity index is 0.00000105. The molecule has 1 aromatic rings. The lowest BCUT2D eigenvalue weighted by Crippen LogP contribution is -2.53. The maximum absolute atomic E-state index is 11.0. The van der Waals surface area contributed by atoms with Crippen molar-refractivity contribution in [3.05, 3.63) is 17.1 Å². The van der Waals surface area contributed by atoms with Crippen molar-refractivity contribution in [3.8, 4) is 0 Å². The van der Waals surface area contributed by atoms with Crippen LogP contribution < -0.4 is 10.2 Å². The van der Waals surface area contributed by atoms with Crippen LogP contribution in [0.15, 0.2) is 0 Å². The minimum Gasteiger partial charge on any atom is -0.389 e. The zero-order chi connectivity index (χ0) is 16.9. The number of anilines is 1. The van der Waals surface area contributed by atoms with Gasteiger partial charge in [-0.05, 0) is 45.1 Å². The summed E-state index contributed by atoms with van der Waals surface area (Å²) in [6.45, 7) is 3.95. The second-order valence-corrected chi connectivity index (χ2v) is 8.60. The van der Waals surface area contributed by atoms with Crippen LogP contribution in [0.2, 0.25) is 0 Å². The number of aliphatic hydroxyl groups is 1. The van der Waals surface area contributed by atoms with Crippen LogP contribution in [0.5, 0.6) is 0 Å². The van der Waals surface area contributed by atoms with Crippen molar-refractivity contribution >= 4 is 30.6 Å². The highest BCUT2D eigenvalue weighted by molar-refractivity contribution is 5.85. The lowest BCUT2D eigenvalue weighted by atomic mass is 9.71. The minimum absolute atomic E-state index is 0. The van der Waals surface area contributed by atoms with Gasteiger partial charge in [0.2, 0.25) is 0 Å². The molecular formula is C20H32Cl2N4O. The standard InChI is InChI=1S/C20H30N4O.2ClH/c25-20-8-2-1-3-15(20)13-24(12-9-20)19-16-6-10-21-11-7-17(16)22-18(23-19)14-4-5-14;;/h14-15,21,25H,1-13H2;2*1H/t15-,20-;;/m0../s1. The highest BCUT2D eigenvalue weighted by Gasteiger charge is 2.43. The molecule has 3 heterocycles. The molecule has 0 amide bonds. The molecule has 2 N–H and O–H groups in total. The molecule has 0 unspecified atom stereocenters. The summed E-state index contributed by atoms with van der Waals surface area (Å²) >= 11 is 0. The van der Waals surface area contributed by atoms with Gasteiger partial charge < -0.3 is 15.3 Å². The fourth-order valence-electron chi connectivity index (χ4n) is 5.09. The van der Waals surface area contributed by atoms with E-state index < -0.39 is 5.60 Å². The Bertz CT molecular complexity index is 670. The SMILES string of the molecule is Cl.Cl.O[C@]12CCCC[C@H]1CN(c1nc(C3CC3)nc3c1CCNCC3)CC2. The number of hydrogen-bond donors (Lipinski definition) is 2. The van der Waals surface area contributed by atoms with Crippen molar-refractivity contribution in [2.75, 3.05) is 31.1 Å². The molecule has 27 heavy (non-hydrogen) atoms. The van der Waals surface area contributed by atoms with Gasteiger partial charge in [-0.1, -0.05) is 12.8 Å². The number of hydrogen-bond acceptors (Lipinski definition) is 5. The van der Waals surface area contributed by atoms with Crippen LogP contribution >= 0.6 is 24.8 Å². The quantitative estimate of drug-likeness (QED) is 0.778. The largest absolute Gasteiger partial charge is 0.389 e. The molecule has 0 bridgehead atoms.